The molecule has 4 rings (SSSR count). The third-order valence-corrected chi connectivity index (χ3v) is 5.50. The summed E-state index contributed by atoms with van der Waals surface area (Å²) in [5.41, 5.74) is 5.08. The summed E-state index contributed by atoms with van der Waals surface area (Å²) in [6.07, 6.45) is 1.81. The van der Waals surface area contributed by atoms with Crippen LogP contribution in [0.3, 0.4) is 0 Å². The van der Waals surface area contributed by atoms with Crippen LogP contribution in [0.4, 0.5) is 0 Å². The standard InChI is InChI=1S/C23H25N3O2/c1-16-6-3-4-9-21(16)26-22(14-17(2)24-26)18-10-12-25(13-11-18)23(28)19-7-5-8-20(27)15-19/h3-9,14-15,18,27H,10-13H2,1-2H3. The molecule has 1 aromatic heterocycles. The van der Waals surface area contributed by atoms with Crippen LogP contribution < -0.4 is 0 Å². The number of aromatic hydroxyl groups is 1. The molecular formula is C23H25N3O2. The van der Waals surface area contributed by atoms with Crippen molar-refractivity contribution in [1.82, 2.24) is 14.7 Å². The lowest BCUT2D eigenvalue weighted by Crippen LogP contribution is -2.38. The average molecular weight is 375 g/mol. The average Bonchev–Trinajstić information content (AvgIpc) is 3.09. The van der Waals surface area contributed by atoms with Crippen LogP contribution >= 0.6 is 0 Å². The van der Waals surface area contributed by atoms with Crippen LogP contribution in [0.1, 0.15) is 46.1 Å². The van der Waals surface area contributed by atoms with Gasteiger partial charge in [-0.05, 0) is 62.6 Å². The Morgan fingerprint density at radius 1 is 1.04 bits per heavy atom. The van der Waals surface area contributed by atoms with E-state index in [0.717, 1.165) is 24.2 Å². The van der Waals surface area contributed by atoms with Crippen molar-refractivity contribution in [1.29, 1.82) is 0 Å². The van der Waals surface area contributed by atoms with E-state index in [1.807, 2.05) is 24.0 Å². The minimum atomic E-state index is -0.0158. The van der Waals surface area contributed by atoms with E-state index >= 15 is 0 Å². The highest BCUT2D eigenvalue weighted by molar-refractivity contribution is 5.94. The summed E-state index contributed by atoms with van der Waals surface area (Å²) in [5, 5.41) is 14.4. The summed E-state index contributed by atoms with van der Waals surface area (Å²) in [5.74, 6) is 0.477. The molecule has 5 nitrogen and oxygen atoms in total. The topological polar surface area (TPSA) is 58.4 Å². The van der Waals surface area contributed by atoms with Crippen LogP contribution in [0, 0.1) is 13.8 Å². The van der Waals surface area contributed by atoms with Crippen molar-refractivity contribution < 1.29 is 9.90 Å². The predicted molar refractivity (Wildman–Crippen MR) is 109 cm³/mol. The lowest BCUT2D eigenvalue weighted by atomic mass is 9.92. The summed E-state index contributed by atoms with van der Waals surface area (Å²) < 4.78 is 2.07. The van der Waals surface area contributed by atoms with Gasteiger partial charge in [-0.25, -0.2) is 4.68 Å². The molecule has 0 spiro atoms. The van der Waals surface area contributed by atoms with Gasteiger partial charge in [-0.2, -0.15) is 5.10 Å². The van der Waals surface area contributed by atoms with E-state index in [0.29, 0.717) is 24.6 Å². The molecule has 1 saturated heterocycles. The molecule has 1 aliphatic heterocycles. The van der Waals surface area contributed by atoms with Crippen molar-refractivity contribution in [3.05, 3.63) is 77.1 Å². The second-order valence-corrected chi connectivity index (χ2v) is 7.53. The van der Waals surface area contributed by atoms with Gasteiger partial charge in [-0.15, -0.1) is 0 Å². The first-order chi connectivity index (χ1) is 13.5. The van der Waals surface area contributed by atoms with Gasteiger partial charge in [0.05, 0.1) is 11.4 Å². The molecule has 28 heavy (non-hydrogen) atoms. The molecule has 2 aromatic carbocycles. The number of amides is 1. The van der Waals surface area contributed by atoms with Crippen LogP contribution in [-0.2, 0) is 0 Å². The number of piperidine rings is 1. The molecule has 5 heteroatoms. The Kier molecular flexibility index (Phi) is 4.90. The SMILES string of the molecule is Cc1cc(C2CCN(C(=O)c3cccc(O)c3)CC2)n(-c2ccccc2C)n1. The van der Waals surface area contributed by atoms with E-state index < -0.39 is 0 Å². The number of para-hydroxylation sites is 1. The number of hydrogen-bond donors (Lipinski definition) is 1. The number of aromatic nitrogens is 2. The summed E-state index contributed by atoms with van der Waals surface area (Å²) >= 11 is 0. The minimum Gasteiger partial charge on any atom is -0.508 e. The molecule has 1 fully saturated rings. The van der Waals surface area contributed by atoms with Crippen LogP contribution in [0.15, 0.2) is 54.6 Å². The van der Waals surface area contributed by atoms with E-state index in [-0.39, 0.29) is 11.7 Å². The van der Waals surface area contributed by atoms with Crippen LogP contribution in [0.5, 0.6) is 5.75 Å². The Bertz CT molecular complexity index is 1000. The number of aryl methyl sites for hydroxylation is 2. The van der Waals surface area contributed by atoms with Crippen LogP contribution in [0.25, 0.3) is 5.69 Å². The van der Waals surface area contributed by atoms with Crippen molar-refractivity contribution >= 4 is 5.91 Å². The third kappa shape index (κ3) is 3.52. The maximum absolute atomic E-state index is 12.7. The summed E-state index contributed by atoms with van der Waals surface area (Å²) in [4.78, 5) is 14.6. The maximum atomic E-state index is 12.7. The van der Waals surface area contributed by atoms with Gasteiger partial charge in [0, 0.05) is 30.3 Å². The van der Waals surface area contributed by atoms with Crippen molar-refractivity contribution in [3.8, 4) is 11.4 Å². The number of phenolic OH excluding ortho intramolecular Hbond substituents is 1. The fourth-order valence-electron chi connectivity index (χ4n) is 4.00. The quantitative estimate of drug-likeness (QED) is 0.746. The number of phenols is 1. The van der Waals surface area contributed by atoms with Crippen molar-refractivity contribution in [3.63, 3.8) is 0 Å². The van der Waals surface area contributed by atoms with Gasteiger partial charge < -0.3 is 10.0 Å². The number of benzene rings is 2. The van der Waals surface area contributed by atoms with Gasteiger partial charge in [0.15, 0.2) is 0 Å². The largest absolute Gasteiger partial charge is 0.508 e. The Labute approximate surface area is 165 Å². The highest BCUT2D eigenvalue weighted by Gasteiger charge is 2.27. The molecule has 0 radical (unpaired) electrons. The third-order valence-electron chi connectivity index (χ3n) is 5.50. The number of nitrogens with zero attached hydrogens (tertiary/aromatic N) is 3. The lowest BCUT2D eigenvalue weighted by Gasteiger charge is -2.32. The summed E-state index contributed by atoms with van der Waals surface area (Å²) in [6, 6.07) is 17.0. The molecule has 0 atom stereocenters. The number of hydrogen-bond acceptors (Lipinski definition) is 3. The maximum Gasteiger partial charge on any atom is 0.253 e. The molecule has 0 bridgehead atoms. The molecule has 2 heterocycles. The van der Waals surface area contributed by atoms with E-state index in [9.17, 15) is 9.90 Å². The van der Waals surface area contributed by atoms with Gasteiger partial charge >= 0.3 is 0 Å². The Hall–Kier alpha value is -3.08. The van der Waals surface area contributed by atoms with E-state index in [1.165, 1.54) is 17.3 Å². The van der Waals surface area contributed by atoms with Crippen molar-refractivity contribution in [2.45, 2.75) is 32.6 Å². The first-order valence-corrected chi connectivity index (χ1v) is 9.74. The molecule has 0 saturated carbocycles. The highest BCUT2D eigenvalue weighted by Crippen LogP contribution is 2.31. The second-order valence-electron chi connectivity index (χ2n) is 7.53. The van der Waals surface area contributed by atoms with E-state index in [1.54, 1.807) is 18.2 Å². The fraction of sp³-hybridized carbons (Fsp3) is 0.304. The molecule has 144 valence electrons. The zero-order valence-corrected chi connectivity index (χ0v) is 16.3. The molecule has 0 unspecified atom stereocenters. The summed E-state index contributed by atoms with van der Waals surface area (Å²) in [7, 11) is 0. The monoisotopic (exact) mass is 375 g/mol. The first-order valence-electron chi connectivity index (χ1n) is 9.74. The lowest BCUT2D eigenvalue weighted by molar-refractivity contribution is 0.0711. The number of rotatable bonds is 3. The molecule has 1 N–H and O–H groups in total. The second kappa shape index (κ2) is 7.50. The van der Waals surface area contributed by atoms with Gasteiger partial charge in [0.2, 0.25) is 0 Å². The Balaban J connectivity index is 1.52. The van der Waals surface area contributed by atoms with Crippen LogP contribution in [0.2, 0.25) is 0 Å². The fourth-order valence-corrected chi connectivity index (χ4v) is 4.00. The minimum absolute atomic E-state index is 0.0158. The van der Waals surface area contributed by atoms with Crippen molar-refractivity contribution in [2.75, 3.05) is 13.1 Å². The highest BCUT2D eigenvalue weighted by atomic mass is 16.3. The van der Waals surface area contributed by atoms with Gasteiger partial charge in [0.25, 0.3) is 5.91 Å². The number of carbonyl (C=O) groups is 1. The van der Waals surface area contributed by atoms with Gasteiger partial charge in [-0.3, -0.25) is 4.79 Å². The molecule has 1 amide bonds. The van der Waals surface area contributed by atoms with Crippen molar-refractivity contribution in [2.24, 2.45) is 0 Å². The number of likely N-dealkylation sites (tertiary alicyclic amines) is 1. The smallest absolute Gasteiger partial charge is 0.253 e. The Morgan fingerprint density at radius 3 is 2.50 bits per heavy atom. The molecule has 3 aromatic rings. The first kappa shape index (κ1) is 18.3. The number of carbonyl (C=O) groups excluding carboxylic acids is 1. The van der Waals surface area contributed by atoms with Gasteiger partial charge in [-0.1, -0.05) is 24.3 Å². The summed E-state index contributed by atoms with van der Waals surface area (Å²) in [6.45, 7) is 5.54. The van der Waals surface area contributed by atoms with E-state index in [4.69, 9.17) is 5.10 Å². The molecule has 1 aliphatic rings. The normalized spacial score (nSPS) is 15.0. The van der Waals surface area contributed by atoms with E-state index in [2.05, 4.69) is 29.8 Å². The van der Waals surface area contributed by atoms with Gasteiger partial charge in [0.1, 0.15) is 5.75 Å². The molecule has 0 aliphatic carbocycles. The zero-order valence-electron chi connectivity index (χ0n) is 16.3. The predicted octanol–water partition coefficient (Wildman–Crippen LogP) is 4.21. The Morgan fingerprint density at radius 2 is 1.79 bits per heavy atom. The zero-order chi connectivity index (χ0) is 19.7. The van der Waals surface area contributed by atoms with Crippen LogP contribution in [-0.4, -0.2) is 38.8 Å². The molecular weight excluding hydrogens is 350 g/mol.